The van der Waals surface area contributed by atoms with Gasteiger partial charge < -0.3 is 9.47 Å². The minimum atomic E-state index is -0.919. The van der Waals surface area contributed by atoms with Gasteiger partial charge in [-0.1, -0.05) is 6.07 Å². The number of hydrogen-bond donors (Lipinski definition) is 1. The SMILES string of the molecule is CC(C)OC(=O)[C@@H](C)OC(=O)Nc1c2c(cc3c1CCC3)CCC2. The third-order valence-electron chi connectivity index (χ3n) is 4.67. The topological polar surface area (TPSA) is 64.6 Å². The molecular weight excluding hydrogens is 306 g/mol. The highest BCUT2D eigenvalue weighted by atomic mass is 16.6. The third-order valence-corrected chi connectivity index (χ3v) is 4.67. The van der Waals surface area contributed by atoms with E-state index in [2.05, 4.69) is 11.4 Å². The fraction of sp³-hybridized carbons (Fsp3) is 0.579. The third kappa shape index (κ3) is 3.40. The molecule has 1 N–H and O–H groups in total. The lowest BCUT2D eigenvalue weighted by molar-refractivity contribution is -0.156. The van der Waals surface area contributed by atoms with Crippen LogP contribution in [-0.4, -0.2) is 24.3 Å². The molecule has 0 aliphatic heterocycles. The Hall–Kier alpha value is -2.04. The second kappa shape index (κ2) is 6.83. The number of esters is 1. The molecule has 2 aliphatic rings. The van der Waals surface area contributed by atoms with Crippen molar-refractivity contribution in [3.05, 3.63) is 28.3 Å². The van der Waals surface area contributed by atoms with Crippen LogP contribution in [0, 0.1) is 0 Å². The zero-order valence-corrected chi connectivity index (χ0v) is 14.6. The van der Waals surface area contributed by atoms with Gasteiger partial charge in [0, 0.05) is 0 Å². The number of rotatable bonds is 4. The van der Waals surface area contributed by atoms with Gasteiger partial charge in [0.2, 0.25) is 0 Å². The van der Waals surface area contributed by atoms with Crippen LogP contribution in [0.15, 0.2) is 6.07 Å². The summed E-state index contributed by atoms with van der Waals surface area (Å²) in [7, 11) is 0. The lowest BCUT2D eigenvalue weighted by atomic mass is 9.99. The van der Waals surface area contributed by atoms with Crippen molar-refractivity contribution in [1.82, 2.24) is 0 Å². The molecule has 24 heavy (non-hydrogen) atoms. The molecule has 5 nitrogen and oxygen atoms in total. The van der Waals surface area contributed by atoms with Crippen molar-refractivity contribution in [3.63, 3.8) is 0 Å². The first-order valence-corrected chi connectivity index (χ1v) is 8.80. The molecule has 0 saturated heterocycles. The van der Waals surface area contributed by atoms with Crippen molar-refractivity contribution in [2.45, 2.75) is 71.5 Å². The van der Waals surface area contributed by atoms with Crippen LogP contribution in [0.4, 0.5) is 10.5 Å². The fourth-order valence-corrected chi connectivity index (χ4v) is 3.64. The van der Waals surface area contributed by atoms with Crippen molar-refractivity contribution in [2.75, 3.05) is 5.32 Å². The van der Waals surface area contributed by atoms with Crippen LogP contribution in [0.1, 0.15) is 55.9 Å². The van der Waals surface area contributed by atoms with Crippen molar-refractivity contribution in [3.8, 4) is 0 Å². The average molecular weight is 331 g/mol. The minimum absolute atomic E-state index is 0.229. The number of carbonyl (C=O) groups excluding carboxylic acids is 2. The van der Waals surface area contributed by atoms with Crippen LogP contribution >= 0.6 is 0 Å². The molecule has 130 valence electrons. The van der Waals surface area contributed by atoms with Crippen LogP contribution in [0.2, 0.25) is 0 Å². The zero-order valence-electron chi connectivity index (χ0n) is 14.6. The first kappa shape index (κ1) is 16.8. The van der Waals surface area contributed by atoms with Gasteiger partial charge in [0.05, 0.1) is 11.8 Å². The van der Waals surface area contributed by atoms with Crippen molar-refractivity contribution >= 4 is 17.7 Å². The number of aryl methyl sites for hydroxylation is 2. The van der Waals surface area contributed by atoms with Gasteiger partial charge in [0.1, 0.15) is 0 Å². The number of carbonyl (C=O) groups is 2. The molecule has 0 spiro atoms. The van der Waals surface area contributed by atoms with Crippen LogP contribution in [0.25, 0.3) is 0 Å². The molecule has 1 atom stereocenters. The van der Waals surface area contributed by atoms with Crippen LogP contribution in [-0.2, 0) is 40.0 Å². The van der Waals surface area contributed by atoms with E-state index in [0.717, 1.165) is 44.2 Å². The fourth-order valence-electron chi connectivity index (χ4n) is 3.64. The molecular formula is C19H25NO4. The maximum absolute atomic E-state index is 12.3. The maximum atomic E-state index is 12.3. The molecule has 0 fully saturated rings. The average Bonchev–Trinajstić information content (AvgIpc) is 3.14. The standard InChI is InChI=1S/C19H25NO4/c1-11(2)23-18(21)12(3)24-19(22)20-17-15-8-4-6-13(15)10-14-7-5-9-16(14)17/h10-12H,4-9H2,1-3H3,(H,20,22)/t12-/m1/s1. The zero-order chi connectivity index (χ0) is 17.3. The second-order valence-electron chi connectivity index (χ2n) is 6.89. The number of ether oxygens (including phenoxy) is 2. The van der Waals surface area contributed by atoms with Gasteiger partial charge in [-0.3, -0.25) is 5.32 Å². The maximum Gasteiger partial charge on any atom is 0.412 e. The van der Waals surface area contributed by atoms with E-state index in [0.29, 0.717) is 0 Å². The van der Waals surface area contributed by atoms with E-state index < -0.39 is 18.2 Å². The molecule has 3 rings (SSSR count). The number of amides is 1. The number of benzene rings is 1. The van der Waals surface area contributed by atoms with Crippen LogP contribution in [0.5, 0.6) is 0 Å². The Morgan fingerprint density at radius 2 is 1.54 bits per heavy atom. The van der Waals surface area contributed by atoms with Gasteiger partial charge in [0.15, 0.2) is 6.10 Å². The van der Waals surface area contributed by atoms with Crippen molar-refractivity contribution < 1.29 is 19.1 Å². The first-order chi connectivity index (χ1) is 11.5. The summed E-state index contributed by atoms with van der Waals surface area (Å²) in [6.45, 7) is 5.06. The highest BCUT2D eigenvalue weighted by Gasteiger charge is 2.26. The first-order valence-electron chi connectivity index (χ1n) is 8.80. The number of fused-ring (bicyclic) bond motifs is 2. The van der Waals surface area contributed by atoms with E-state index in [1.54, 1.807) is 13.8 Å². The van der Waals surface area contributed by atoms with E-state index >= 15 is 0 Å². The molecule has 0 aromatic heterocycles. The quantitative estimate of drug-likeness (QED) is 0.857. The Bertz CT molecular complexity index is 634. The number of hydrogen-bond acceptors (Lipinski definition) is 4. The summed E-state index contributed by atoms with van der Waals surface area (Å²) in [6.07, 6.45) is 4.64. The van der Waals surface area contributed by atoms with Crippen LogP contribution < -0.4 is 5.32 Å². The molecule has 0 radical (unpaired) electrons. The van der Waals surface area contributed by atoms with Gasteiger partial charge in [0.25, 0.3) is 0 Å². The summed E-state index contributed by atoms with van der Waals surface area (Å²) in [5.41, 5.74) is 6.10. The summed E-state index contributed by atoms with van der Waals surface area (Å²) in [6, 6.07) is 2.31. The Labute approximate surface area is 142 Å². The largest absolute Gasteiger partial charge is 0.460 e. The molecule has 1 aromatic rings. The molecule has 0 bridgehead atoms. The summed E-state index contributed by atoms with van der Waals surface area (Å²) in [4.78, 5) is 24.1. The predicted molar refractivity (Wildman–Crippen MR) is 91.3 cm³/mol. The normalized spacial score (nSPS) is 16.5. The number of nitrogens with one attached hydrogen (secondary N) is 1. The lowest BCUT2D eigenvalue weighted by Gasteiger charge is -2.18. The predicted octanol–water partition coefficient (Wildman–Crippen LogP) is 3.55. The van der Waals surface area contributed by atoms with E-state index in [9.17, 15) is 9.59 Å². The van der Waals surface area contributed by atoms with E-state index in [4.69, 9.17) is 9.47 Å². The Kier molecular flexibility index (Phi) is 4.78. The number of anilines is 1. The van der Waals surface area contributed by atoms with E-state index in [1.807, 2.05) is 0 Å². The smallest absolute Gasteiger partial charge is 0.412 e. The van der Waals surface area contributed by atoms with Crippen molar-refractivity contribution in [2.24, 2.45) is 0 Å². The molecule has 0 saturated carbocycles. The second-order valence-corrected chi connectivity index (χ2v) is 6.89. The Morgan fingerprint density at radius 3 is 2.08 bits per heavy atom. The van der Waals surface area contributed by atoms with Gasteiger partial charge in [-0.05, 0) is 81.5 Å². The minimum Gasteiger partial charge on any atom is -0.460 e. The van der Waals surface area contributed by atoms with Gasteiger partial charge in [-0.2, -0.15) is 0 Å². The summed E-state index contributed by atoms with van der Waals surface area (Å²) in [5.74, 6) is -0.524. The molecule has 5 heteroatoms. The monoisotopic (exact) mass is 331 g/mol. The Balaban J connectivity index is 1.72. The van der Waals surface area contributed by atoms with Crippen LogP contribution in [0.3, 0.4) is 0 Å². The van der Waals surface area contributed by atoms with Gasteiger partial charge in [-0.25, -0.2) is 9.59 Å². The summed E-state index contributed by atoms with van der Waals surface area (Å²) >= 11 is 0. The summed E-state index contributed by atoms with van der Waals surface area (Å²) in [5, 5.41) is 2.91. The molecule has 2 aliphatic carbocycles. The molecule has 0 heterocycles. The summed E-state index contributed by atoms with van der Waals surface area (Å²) < 4.78 is 10.3. The molecule has 0 unspecified atom stereocenters. The van der Waals surface area contributed by atoms with Gasteiger partial charge >= 0.3 is 12.1 Å². The highest BCUT2D eigenvalue weighted by molar-refractivity contribution is 5.90. The highest BCUT2D eigenvalue weighted by Crippen LogP contribution is 2.38. The molecule has 1 amide bonds. The Morgan fingerprint density at radius 1 is 0.958 bits per heavy atom. The van der Waals surface area contributed by atoms with Crippen molar-refractivity contribution in [1.29, 1.82) is 0 Å². The van der Waals surface area contributed by atoms with E-state index in [1.165, 1.54) is 29.2 Å². The molecule has 1 aromatic carbocycles. The lowest BCUT2D eigenvalue weighted by Crippen LogP contribution is -2.30. The van der Waals surface area contributed by atoms with Gasteiger partial charge in [-0.15, -0.1) is 0 Å². The van der Waals surface area contributed by atoms with E-state index in [-0.39, 0.29) is 6.10 Å².